The summed E-state index contributed by atoms with van der Waals surface area (Å²) < 4.78 is 24.6. The quantitative estimate of drug-likeness (QED) is 0.357. The van der Waals surface area contributed by atoms with Crippen LogP contribution in [0.15, 0.2) is 67.1 Å². The van der Waals surface area contributed by atoms with E-state index in [1.165, 1.54) is 6.26 Å². The lowest BCUT2D eigenvalue weighted by Crippen LogP contribution is -2.24. The largest absolute Gasteiger partial charge is 0.349 e. The number of rotatable bonds is 8. The fourth-order valence-electron chi connectivity index (χ4n) is 3.20. The van der Waals surface area contributed by atoms with Crippen LogP contribution in [-0.4, -0.2) is 37.3 Å². The molecule has 0 unspecified atom stereocenters. The molecule has 0 bridgehead atoms. The number of likely N-dealkylation sites (N-methyl/N-ethyl adjacent to an activating group) is 1. The average Bonchev–Trinajstić information content (AvgIpc) is 3.01. The van der Waals surface area contributed by atoms with E-state index in [9.17, 15) is 8.42 Å². The van der Waals surface area contributed by atoms with Gasteiger partial charge >= 0.3 is 0 Å². The molecule has 3 N–H and O–H groups in total. The van der Waals surface area contributed by atoms with Gasteiger partial charge in [0.1, 0.15) is 5.84 Å². The average molecular weight is 453 g/mol. The molecule has 0 amide bonds. The molecule has 0 aliphatic rings. The van der Waals surface area contributed by atoms with Crippen molar-refractivity contribution < 1.29 is 8.42 Å². The highest BCUT2D eigenvalue weighted by Crippen LogP contribution is 2.23. The van der Waals surface area contributed by atoms with Gasteiger partial charge < -0.3 is 15.5 Å². The molecule has 2 aromatic carbocycles. The number of nitrogens with one attached hydrogen (secondary N) is 3. The van der Waals surface area contributed by atoms with Crippen LogP contribution < -0.4 is 15.5 Å². The van der Waals surface area contributed by atoms with Crippen molar-refractivity contribution in [3.05, 3.63) is 78.4 Å². The van der Waals surface area contributed by atoms with Crippen LogP contribution in [0.2, 0.25) is 0 Å². The number of anilines is 2. The zero-order valence-electron chi connectivity index (χ0n) is 18.7. The Kier molecular flexibility index (Phi) is 6.69. The first-order chi connectivity index (χ1) is 15.0. The highest BCUT2D eigenvalue weighted by molar-refractivity contribution is 7.89. The summed E-state index contributed by atoms with van der Waals surface area (Å²) in [6.07, 6.45) is 4.48. The van der Waals surface area contributed by atoms with Gasteiger partial charge in [-0.3, -0.25) is 10.1 Å². The molecule has 1 aromatic heterocycles. The van der Waals surface area contributed by atoms with Crippen LogP contribution in [0.5, 0.6) is 0 Å². The maximum absolute atomic E-state index is 11.4. The van der Waals surface area contributed by atoms with Crippen LogP contribution in [0.3, 0.4) is 0 Å². The molecule has 0 radical (unpaired) electrons. The van der Waals surface area contributed by atoms with E-state index in [1.54, 1.807) is 41.4 Å². The van der Waals surface area contributed by atoms with E-state index in [-0.39, 0.29) is 5.75 Å². The minimum absolute atomic E-state index is 0.0116. The van der Waals surface area contributed by atoms with Gasteiger partial charge in [0.25, 0.3) is 0 Å². The van der Waals surface area contributed by atoms with Crippen LogP contribution in [0.1, 0.15) is 11.3 Å². The third-order valence-corrected chi connectivity index (χ3v) is 5.90. The third kappa shape index (κ3) is 5.76. The van der Waals surface area contributed by atoms with Crippen LogP contribution in [0.4, 0.5) is 11.4 Å². The second-order valence-corrected chi connectivity index (χ2v) is 9.84. The number of aromatic nitrogens is 2. The number of hydrogen-bond acceptors (Lipinski definition) is 6. The Morgan fingerprint density at radius 1 is 1.25 bits per heavy atom. The highest BCUT2D eigenvalue weighted by atomic mass is 32.2. The first-order valence-corrected chi connectivity index (χ1v) is 12.0. The van der Waals surface area contributed by atoms with E-state index in [2.05, 4.69) is 22.3 Å². The summed E-state index contributed by atoms with van der Waals surface area (Å²) in [5.41, 5.74) is 4.37. The van der Waals surface area contributed by atoms with Gasteiger partial charge in [0.2, 0.25) is 0 Å². The van der Waals surface area contributed by atoms with Crippen molar-refractivity contribution in [3.63, 3.8) is 0 Å². The molecule has 0 saturated carbocycles. The zero-order chi connectivity index (χ0) is 23.5. The Bertz CT molecular complexity index is 1290. The molecule has 0 atom stereocenters. The van der Waals surface area contributed by atoms with Crippen molar-refractivity contribution in [1.82, 2.24) is 15.1 Å². The van der Waals surface area contributed by atoms with Gasteiger partial charge in [-0.1, -0.05) is 18.7 Å². The van der Waals surface area contributed by atoms with Crippen molar-refractivity contribution in [2.75, 3.05) is 23.5 Å². The monoisotopic (exact) mass is 452 g/mol. The number of nitrogens with zero attached hydrogens (tertiary/aromatic N) is 3. The van der Waals surface area contributed by atoms with Gasteiger partial charge in [-0.05, 0) is 48.9 Å². The number of sulfone groups is 1. The molecular formula is C23H28N6O2S. The Balaban J connectivity index is 1.55. The van der Waals surface area contributed by atoms with E-state index in [0.29, 0.717) is 11.7 Å². The summed E-state index contributed by atoms with van der Waals surface area (Å²) in [5, 5.41) is 20.0. The fraction of sp³-hybridized carbons (Fsp3) is 0.217. The number of benzene rings is 2. The second kappa shape index (κ2) is 9.27. The van der Waals surface area contributed by atoms with Crippen molar-refractivity contribution in [3.8, 4) is 0 Å². The van der Waals surface area contributed by atoms with Gasteiger partial charge in [0.05, 0.1) is 17.1 Å². The molecule has 0 aliphatic carbocycles. The smallest absolute Gasteiger partial charge is 0.151 e. The lowest BCUT2D eigenvalue weighted by Gasteiger charge is -2.18. The molecule has 3 rings (SSSR count). The molecule has 0 saturated heterocycles. The Labute approximate surface area is 188 Å². The van der Waals surface area contributed by atoms with Crippen LogP contribution in [0.25, 0.3) is 10.9 Å². The fourth-order valence-corrected chi connectivity index (χ4v) is 4.00. The third-order valence-electron chi connectivity index (χ3n) is 5.04. The maximum Gasteiger partial charge on any atom is 0.151 e. The Morgan fingerprint density at radius 3 is 2.59 bits per heavy atom. The predicted octanol–water partition coefficient (Wildman–Crippen LogP) is 3.53. The first kappa shape index (κ1) is 23.1. The summed E-state index contributed by atoms with van der Waals surface area (Å²) >= 11 is 0. The number of hydrogen-bond donors (Lipinski definition) is 3. The molecule has 8 nitrogen and oxygen atoms in total. The Morgan fingerprint density at radius 2 is 1.94 bits per heavy atom. The number of aryl methyl sites for hydroxylation is 2. The van der Waals surface area contributed by atoms with E-state index in [4.69, 9.17) is 5.41 Å². The molecule has 1 heterocycles. The van der Waals surface area contributed by atoms with Gasteiger partial charge in [0.15, 0.2) is 9.84 Å². The van der Waals surface area contributed by atoms with Gasteiger partial charge in [0, 0.05) is 49.0 Å². The molecule has 3 aromatic rings. The number of amidine groups is 1. The summed E-state index contributed by atoms with van der Waals surface area (Å²) in [5.74, 6) is 0.831. The van der Waals surface area contributed by atoms with Crippen LogP contribution >= 0.6 is 0 Å². The van der Waals surface area contributed by atoms with E-state index >= 15 is 0 Å². The van der Waals surface area contributed by atoms with E-state index < -0.39 is 9.84 Å². The van der Waals surface area contributed by atoms with Crippen molar-refractivity contribution >= 4 is 38.0 Å². The SMILES string of the molecule is C=C(NC=CC(=N)N(C)c1ccc2c(C)n(C)nc2c1)Nc1ccc(CS(C)(=O)=O)cc1. The minimum Gasteiger partial charge on any atom is -0.349 e. The first-order valence-electron chi connectivity index (χ1n) is 9.95. The zero-order valence-corrected chi connectivity index (χ0v) is 19.5. The molecule has 0 aliphatic heterocycles. The van der Waals surface area contributed by atoms with Gasteiger partial charge in [-0.25, -0.2) is 8.42 Å². The van der Waals surface area contributed by atoms with E-state index in [1.807, 2.05) is 43.9 Å². The molecule has 168 valence electrons. The standard InChI is InChI=1S/C23H28N6O2S/c1-16-21-11-10-20(14-22(21)27-29(16)4)28(3)23(24)12-13-25-17(2)26-19-8-6-18(7-9-19)15-32(5,30)31/h6-14,24-26H,2,15H2,1,3-5H3. The summed E-state index contributed by atoms with van der Waals surface area (Å²) in [7, 11) is 0.684. The predicted molar refractivity (Wildman–Crippen MR) is 132 cm³/mol. The van der Waals surface area contributed by atoms with Gasteiger partial charge in [-0.15, -0.1) is 0 Å². The van der Waals surface area contributed by atoms with Crippen molar-refractivity contribution in [1.29, 1.82) is 5.41 Å². The Hall–Kier alpha value is -3.59. The normalized spacial score (nSPS) is 11.6. The maximum atomic E-state index is 11.4. The summed E-state index contributed by atoms with van der Waals surface area (Å²) in [4.78, 5) is 1.76. The lowest BCUT2D eigenvalue weighted by atomic mass is 10.2. The molecule has 0 fully saturated rings. The lowest BCUT2D eigenvalue weighted by molar-refractivity contribution is 0.601. The van der Waals surface area contributed by atoms with Crippen LogP contribution in [-0.2, 0) is 22.6 Å². The molecule has 32 heavy (non-hydrogen) atoms. The molecule has 9 heteroatoms. The molecular weight excluding hydrogens is 424 g/mol. The highest BCUT2D eigenvalue weighted by Gasteiger charge is 2.09. The minimum atomic E-state index is -3.06. The van der Waals surface area contributed by atoms with Crippen LogP contribution in [0, 0.1) is 12.3 Å². The molecule has 0 spiro atoms. The summed E-state index contributed by atoms with van der Waals surface area (Å²) in [6, 6.07) is 13.1. The summed E-state index contributed by atoms with van der Waals surface area (Å²) in [6.45, 7) is 5.94. The van der Waals surface area contributed by atoms with E-state index in [0.717, 1.165) is 33.5 Å². The van der Waals surface area contributed by atoms with Gasteiger partial charge in [-0.2, -0.15) is 5.10 Å². The van der Waals surface area contributed by atoms with Crippen molar-refractivity contribution in [2.45, 2.75) is 12.7 Å². The topological polar surface area (TPSA) is 103 Å². The number of fused-ring (bicyclic) bond motifs is 1. The second-order valence-electron chi connectivity index (χ2n) is 7.70. The van der Waals surface area contributed by atoms with Crippen molar-refractivity contribution in [2.24, 2.45) is 7.05 Å².